The highest BCUT2D eigenvalue weighted by Gasteiger charge is 2.38. The van der Waals surface area contributed by atoms with Crippen LogP contribution in [0.15, 0.2) is 48.5 Å². The number of hydrogen-bond donors (Lipinski definition) is 2. The summed E-state index contributed by atoms with van der Waals surface area (Å²) in [5, 5.41) is 19.4. The summed E-state index contributed by atoms with van der Waals surface area (Å²) in [6.07, 6.45) is -5.08. The monoisotopic (exact) mass is 513 g/mol. The van der Waals surface area contributed by atoms with Crippen molar-refractivity contribution in [3.05, 3.63) is 81.9 Å². The summed E-state index contributed by atoms with van der Waals surface area (Å²) in [6.45, 7) is 2.51. The molecule has 2 N–H and O–H groups in total. The van der Waals surface area contributed by atoms with Crippen molar-refractivity contribution in [2.45, 2.75) is 32.4 Å². The molecule has 35 heavy (non-hydrogen) atoms. The molecular weight excluding hydrogens is 494 g/mol. The fourth-order valence-electron chi connectivity index (χ4n) is 3.26. The summed E-state index contributed by atoms with van der Waals surface area (Å²) in [6, 6.07) is 13.9. The fourth-order valence-corrected chi connectivity index (χ4v) is 3.39. The quantitative estimate of drug-likeness (QED) is 0.488. The first-order valence-corrected chi connectivity index (χ1v) is 10.6. The van der Waals surface area contributed by atoms with Gasteiger partial charge in [0.05, 0.1) is 6.54 Å². The van der Waals surface area contributed by atoms with Crippen LogP contribution in [0.25, 0.3) is 0 Å². The van der Waals surface area contributed by atoms with E-state index in [1.54, 1.807) is 15.6 Å². The van der Waals surface area contributed by atoms with Crippen LogP contribution in [0.5, 0.6) is 0 Å². The summed E-state index contributed by atoms with van der Waals surface area (Å²) in [4.78, 5) is 23.5. The van der Waals surface area contributed by atoms with E-state index in [1.165, 1.54) is 12.1 Å². The molecule has 8 nitrogen and oxygen atoms in total. The molecule has 0 fully saturated rings. The van der Waals surface area contributed by atoms with Crippen LogP contribution in [-0.2, 0) is 31.0 Å². The molecule has 0 bridgehead atoms. The average molecular weight is 514 g/mol. The van der Waals surface area contributed by atoms with Crippen molar-refractivity contribution in [2.75, 3.05) is 6.54 Å². The molecule has 186 valence electrons. The summed E-state index contributed by atoms with van der Waals surface area (Å²) in [5.74, 6) is -3.20. The number of carboxylic acid groups (broad SMARTS) is 1. The topological polar surface area (TPSA) is 100 Å². The normalized spacial score (nSPS) is 13.2. The minimum absolute atomic E-state index is 0.135. The summed E-state index contributed by atoms with van der Waals surface area (Å²) < 4.78 is 46.8. The van der Waals surface area contributed by atoms with Crippen molar-refractivity contribution >= 4 is 23.5 Å². The maximum absolute atomic E-state index is 13.4. The number of alkyl halides is 3. The predicted molar refractivity (Wildman–Crippen MR) is 117 cm³/mol. The molecule has 3 aromatic rings. The molecule has 1 aliphatic heterocycles. The Hall–Kier alpha value is -3.51. The molecular formula is C22H20ClF4N5O3. The Morgan fingerprint density at radius 1 is 1.09 bits per heavy atom. The van der Waals surface area contributed by atoms with Gasteiger partial charge in [0, 0.05) is 31.2 Å². The molecule has 2 aromatic carbocycles. The highest BCUT2D eigenvalue weighted by molar-refractivity contribution is 6.30. The van der Waals surface area contributed by atoms with E-state index in [2.05, 4.69) is 15.6 Å². The number of carbonyl (C=O) groups excluding carboxylic acids is 1. The molecule has 0 spiro atoms. The molecule has 4 rings (SSSR count). The number of benzene rings is 2. The van der Waals surface area contributed by atoms with Gasteiger partial charge in [-0.25, -0.2) is 13.9 Å². The van der Waals surface area contributed by atoms with Gasteiger partial charge in [-0.3, -0.25) is 4.79 Å². The van der Waals surface area contributed by atoms with E-state index in [0.717, 1.165) is 11.1 Å². The first-order chi connectivity index (χ1) is 16.5. The lowest BCUT2D eigenvalue weighted by atomic mass is 10.1. The number of carbonyl (C=O) groups is 2. The van der Waals surface area contributed by atoms with Gasteiger partial charge in [-0.1, -0.05) is 41.1 Å². The number of carboxylic acids is 1. The lowest BCUT2D eigenvalue weighted by Crippen LogP contribution is -2.40. The van der Waals surface area contributed by atoms with E-state index in [0.29, 0.717) is 49.1 Å². The highest BCUT2D eigenvalue weighted by atomic mass is 35.5. The van der Waals surface area contributed by atoms with E-state index in [-0.39, 0.29) is 11.7 Å². The van der Waals surface area contributed by atoms with Crippen molar-refractivity contribution in [3.8, 4) is 0 Å². The second-order valence-corrected chi connectivity index (χ2v) is 7.93. The number of rotatable bonds is 6. The van der Waals surface area contributed by atoms with Crippen molar-refractivity contribution in [1.82, 2.24) is 25.2 Å². The second-order valence-electron chi connectivity index (χ2n) is 7.50. The molecule has 1 aliphatic rings. The Morgan fingerprint density at radius 2 is 1.77 bits per heavy atom. The number of aliphatic carboxylic acids is 1. The van der Waals surface area contributed by atoms with Crippen molar-refractivity contribution in [3.63, 3.8) is 0 Å². The second kappa shape index (κ2) is 11.3. The van der Waals surface area contributed by atoms with Crippen LogP contribution in [0.4, 0.5) is 17.6 Å². The minimum atomic E-state index is -5.08. The molecule has 0 saturated heterocycles. The van der Waals surface area contributed by atoms with Crippen LogP contribution in [0.3, 0.4) is 0 Å². The first-order valence-electron chi connectivity index (χ1n) is 10.3. The van der Waals surface area contributed by atoms with Crippen LogP contribution in [0.2, 0.25) is 5.02 Å². The van der Waals surface area contributed by atoms with E-state index in [1.807, 2.05) is 30.3 Å². The number of fused-ring (bicyclic) bond motifs is 1. The Morgan fingerprint density at radius 3 is 2.40 bits per heavy atom. The largest absolute Gasteiger partial charge is 0.490 e. The van der Waals surface area contributed by atoms with Gasteiger partial charge in [0.25, 0.3) is 5.91 Å². The Bertz CT molecular complexity index is 1180. The summed E-state index contributed by atoms with van der Waals surface area (Å²) in [7, 11) is 0. The number of aromatic nitrogens is 3. The third kappa shape index (κ3) is 7.23. The SMILES string of the molecule is O=C(O)C(F)(F)F.O=C1c2c(CNCc3ccc(Cl)cc3)nnn2CCN1Cc1cccc(F)c1. The third-order valence-electron chi connectivity index (χ3n) is 4.92. The number of nitrogens with zero attached hydrogens (tertiary/aromatic N) is 4. The Kier molecular flexibility index (Phi) is 8.41. The highest BCUT2D eigenvalue weighted by Crippen LogP contribution is 2.18. The maximum atomic E-state index is 13.4. The molecule has 0 radical (unpaired) electrons. The Labute approximate surface area is 202 Å². The van der Waals surface area contributed by atoms with Crippen molar-refractivity contribution in [1.29, 1.82) is 0 Å². The lowest BCUT2D eigenvalue weighted by molar-refractivity contribution is -0.192. The summed E-state index contributed by atoms with van der Waals surface area (Å²) in [5.41, 5.74) is 2.95. The van der Waals surface area contributed by atoms with E-state index in [9.17, 15) is 22.4 Å². The zero-order valence-corrected chi connectivity index (χ0v) is 18.9. The molecule has 1 aromatic heterocycles. The van der Waals surface area contributed by atoms with Crippen LogP contribution >= 0.6 is 11.6 Å². The molecule has 13 heteroatoms. The minimum Gasteiger partial charge on any atom is -0.475 e. The number of halogens is 5. The maximum Gasteiger partial charge on any atom is 0.490 e. The number of amides is 1. The smallest absolute Gasteiger partial charge is 0.475 e. The van der Waals surface area contributed by atoms with Gasteiger partial charge in [0.2, 0.25) is 0 Å². The Balaban J connectivity index is 0.000000429. The molecule has 0 saturated carbocycles. The van der Waals surface area contributed by atoms with Crippen LogP contribution in [-0.4, -0.2) is 49.6 Å². The van der Waals surface area contributed by atoms with Crippen LogP contribution < -0.4 is 5.32 Å². The summed E-state index contributed by atoms with van der Waals surface area (Å²) >= 11 is 5.90. The van der Waals surface area contributed by atoms with Gasteiger partial charge in [0.1, 0.15) is 11.5 Å². The molecule has 1 amide bonds. The van der Waals surface area contributed by atoms with Gasteiger partial charge in [-0.05, 0) is 35.4 Å². The van der Waals surface area contributed by atoms with Gasteiger partial charge in [-0.15, -0.1) is 5.10 Å². The van der Waals surface area contributed by atoms with E-state index >= 15 is 0 Å². The molecule has 2 heterocycles. The predicted octanol–water partition coefficient (Wildman–Crippen LogP) is 3.65. The molecule has 0 aliphatic carbocycles. The molecule has 0 unspecified atom stereocenters. The standard InChI is InChI=1S/C20H19ClFN5O.C2HF3O2/c21-16-6-4-14(5-7-16)11-23-12-18-19-20(28)26(8-9-27(19)25-24-18)13-15-2-1-3-17(22)10-15;3-2(4,5)1(6)7/h1-7,10,23H,8-9,11-13H2;(H,6,7). The third-order valence-corrected chi connectivity index (χ3v) is 5.17. The van der Waals surface area contributed by atoms with Crippen LogP contribution in [0, 0.1) is 5.82 Å². The van der Waals surface area contributed by atoms with E-state index < -0.39 is 12.1 Å². The number of nitrogens with one attached hydrogen (secondary N) is 1. The fraction of sp³-hybridized carbons (Fsp3) is 0.273. The van der Waals surface area contributed by atoms with Crippen molar-refractivity contribution < 1.29 is 32.3 Å². The molecule has 0 atom stereocenters. The van der Waals surface area contributed by atoms with Crippen LogP contribution in [0.1, 0.15) is 27.3 Å². The number of hydrogen-bond acceptors (Lipinski definition) is 5. The van der Waals surface area contributed by atoms with Gasteiger partial charge in [0.15, 0.2) is 5.69 Å². The van der Waals surface area contributed by atoms with Crippen molar-refractivity contribution in [2.24, 2.45) is 0 Å². The average Bonchev–Trinajstić information content (AvgIpc) is 3.21. The van der Waals surface area contributed by atoms with Gasteiger partial charge < -0.3 is 15.3 Å². The zero-order chi connectivity index (χ0) is 25.6. The zero-order valence-electron chi connectivity index (χ0n) is 18.1. The lowest BCUT2D eigenvalue weighted by Gasteiger charge is -2.27. The first kappa shape index (κ1) is 26.1. The van der Waals surface area contributed by atoms with E-state index in [4.69, 9.17) is 21.5 Å². The van der Waals surface area contributed by atoms with Gasteiger partial charge in [-0.2, -0.15) is 13.2 Å². The van der Waals surface area contributed by atoms with Gasteiger partial charge >= 0.3 is 12.1 Å².